The lowest BCUT2D eigenvalue weighted by Crippen LogP contribution is -1.87. The molecule has 3 heterocycles. The molecule has 21 heavy (non-hydrogen) atoms. The standard InChI is InChI=1S/C13H10N6S2/c1-3-8-7-10(13-15-18-19-16-13)14-12(8)9(4-1)17-21-11-5-2-6-20-11/h1-7,14,17H,(H,15,16,18,19). The summed E-state index contributed by atoms with van der Waals surface area (Å²) in [6.07, 6.45) is 0. The van der Waals surface area contributed by atoms with Crippen LogP contribution in [0.25, 0.3) is 22.4 Å². The summed E-state index contributed by atoms with van der Waals surface area (Å²) in [5, 5.41) is 17.2. The summed E-state index contributed by atoms with van der Waals surface area (Å²) in [4.78, 5) is 3.34. The van der Waals surface area contributed by atoms with Gasteiger partial charge in [0, 0.05) is 5.39 Å². The zero-order chi connectivity index (χ0) is 14.1. The lowest BCUT2D eigenvalue weighted by molar-refractivity contribution is 0.881. The van der Waals surface area contributed by atoms with Crippen molar-refractivity contribution in [1.29, 1.82) is 0 Å². The fraction of sp³-hybridized carbons (Fsp3) is 0. The molecule has 0 atom stereocenters. The van der Waals surface area contributed by atoms with E-state index >= 15 is 0 Å². The Bertz CT molecular complexity index is 850. The number of aromatic amines is 2. The minimum Gasteiger partial charge on any atom is -0.350 e. The Morgan fingerprint density at radius 3 is 3.00 bits per heavy atom. The number of para-hydroxylation sites is 1. The van der Waals surface area contributed by atoms with Crippen molar-refractivity contribution < 1.29 is 0 Å². The Morgan fingerprint density at radius 1 is 1.19 bits per heavy atom. The van der Waals surface area contributed by atoms with Crippen LogP contribution in [-0.2, 0) is 0 Å². The fourth-order valence-corrected chi connectivity index (χ4v) is 3.52. The van der Waals surface area contributed by atoms with E-state index in [0.717, 1.165) is 22.3 Å². The largest absolute Gasteiger partial charge is 0.350 e. The van der Waals surface area contributed by atoms with E-state index in [1.54, 1.807) is 23.3 Å². The normalized spacial score (nSPS) is 11.0. The average molecular weight is 314 g/mol. The number of nitrogens with one attached hydrogen (secondary N) is 3. The molecular weight excluding hydrogens is 304 g/mol. The predicted molar refractivity (Wildman–Crippen MR) is 85.3 cm³/mol. The Balaban J connectivity index is 1.69. The van der Waals surface area contributed by atoms with Crippen molar-refractivity contribution in [3.8, 4) is 11.5 Å². The monoisotopic (exact) mass is 314 g/mol. The van der Waals surface area contributed by atoms with E-state index in [1.807, 2.05) is 24.3 Å². The zero-order valence-corrected chi connectivity index (χ0v) is 12.3. The van der Waals surface area contributed by atoms with Gasteiger partial charge in [-0.2, -0.15) is 5.21 Å². The van der Waals surface area contributed by atoms with Gasteiger partial charge >= 0.3 is 0 Å². The Morgan fingerprint density at radius 2 is 2.19 bits per heavy atom. The van der Waals surface area contributed by atoms with E-state index in [4.69, 9.17) is 0 Å². The van der Waals surface area contributed by atoms with Crippen LogP contribution in [0.3, 0.4) is 0 Å². The van der Waals surface area contributed by atoms with Crippen LogP contribution >= 0.6 is 23.3 Å². The zero-order valence-electron chi connectivity index (χ0n) is 10.7. The smallest absolute Gasteiger partial charge is 0.220 e. The molecule has 3 aromatic heterocycles. The van der Waals surface area contributed by atoms with Gasteiger partial charge in [-0.3, -0.25) is 0 Å². The highest BCUT2D eigenvalue weighted by Gasteiger charge is 2.10. The number of fused-ring (bicyclic) bond motifs is 1. The quantitative estimate of drug-likeness (QED) is 0.502. The van der Waals surface area contributed by atoms with E-state index in [-0.39, 0.29) is 0 Å². The van der Waals surface area contributed by atoms with Crippen molar-refractivity contribution in [3.05, 3.63) is 41.8 Å². The van der Waals surface area contributed by atoms with Crippen LogP contribution in [0.5, 0.6) is 0 Å². The van der Waals surface area contributed by atoms with E-state index in [0.29, 0.717) is 5.82 Å². The highest BCUT2D eigenvalue weighted by Crippen LogP contribution is 2.31. The molecule has 0 aliphatic rings. The molecule has 0 fully saturated rings. The van der Waals surface area contributed by atoms with Crippen molar-refractivity contribution >= 4 is 39.9 Å². The SMILES string of the molecule is c1csc(SNc2cccc3cc(-c4nn[nH]n4)[nH]c23)c1. The third-order valence-corrected chi connectivity index (χ3v) is 4.86. The summed E-state index contributed by atoms with van der Waals surface area (Å²) >= 11 is 3.31. The van der Waals surface area contributed by atoms with Gasteiger partial charge in [0.15, 0.2) is 0 Å². The molecule has 8 heteroatoms. The van der Waals surface area contributed by atoms with Gasteiger partial charge in [-0.05, 0) is 40.7 Å². The van der Waals surface area contributed by atoms with Crippen molar-refractivity contribution in [3.63, 3.8) is 0 Å². The van der Waals surface area contributed by atoms with Gasteiger partial charge in [0.05, 0.1) is 21.1 Å². The lowest BCUT2D eigenvalue weighted by atomic mass is 10.2. The first-order valence-electron chi connectivity index (χ1n) is 6.22. The number of H-pyrrole nitrogens is 2. The molecule has 0 amide bonds. The number of hydrogen-bond acceptors (Lipinski definition) is 6. The van der Waals surface area contributed by atoms with Gasteiger partial charge < -0.3 is 9.71 Å². The minimum absolute atomic E-state index is 0.558. The topological polar surface area (TPSA) is 82.3 Å². The maximum Gasteiger partial charge on any atom is 0.220 e. The average Bonchev–Trinajstić information content (AvgIpc) is 3.23. The molecule has 4 rings (SSSR count). The molecule has 0 saturated heterocycles. The minimum atomic E-state index is 0.558. The summed E-state index contributed by atoms with van der Waals surface area (Å²) in [7, 11) is 0. The maximum absolute atomic E-state index is 4.00. The lowest BCUT2D eigenvalue weighted by Gasteiger charge is -2.04. The number of thiophene rings is 1. The van der Waals surface area contributed by atoms with E-state index in [2.05, 4.69) is 47.8 Å². The third kappa shape index (κ3) is 2.39. The van der Waals surface area contributed by atoms with Crippen LogP contribution in [0.2, 0.25) is 0 Å². The third-order valence-electron chi connectivity index (χ3n) is 3.00. The molecule has 0 unspecified atom stereocenters. The molecule has 1 aromatic carbocycles. The van der Waals surface area contributed by atoms with Gasteiger partial charge in [-0.25, -0.2) is 0 Å². The number of anilines is 1. The molecule has 6 nitrogen and oxygen atoms in total. The highest BCUT2D eigenvalue weighted by molar-refractivity contribution is 8.02. The second-order valence-electron chi connectivity index (χ2n) is 4.32. The van der Waals surface area contributed by atoms with E-state index < -0.39 is 0 Å². The Labute approximate surface area is 128 Å². The highest BCUT2D eigenvalue weighted by atomic mass is 32.2. The molecule has 0 aliphatic heterocycles. The van der Waals surface area contributed by atoms with Crippen molar-refractivity contribution in [2.75, 3.05) is 4.72 Å². The number of nitrogens with zero attached hydrogens (tertiary/aromatic N) is 3. The molecule has 3 N–H and O–H groups in total. The van der Waals surface area contributed by atoms with E-state index in [1.165, 1.54) is 4.21 Å². The molecule has 4 aromatic rings. The molecule has 0 radical (unpaired) electrons. The van der Waals surface area contributed by atoms with Crippen LogP contribution in [0.1, 0.15) is 0 Å². The molecule has 104 valence electrons. The van der Waals surface area contributed by atoms with Gasteiger partial charge in [0.25, 0.3) is 0 Å². The number of tetrazole rings is 1. The van der Waals surface area contributed by atoms with Gasteiger partial charge in [-0.15, -0.1) is 21.5 Å². The number of benzene rings is 1. The molecular formula is C13H10N6S2. The first-order valence-corrected chi connectivity index (χ1v) is 7.92. The van der Waals surface area contributed by atoms with Gasteiger partial charge in [-0.1, -0.05) is 18.2 Å². The molecule has 0 bridgehead atoms. The summed E-state index contributed by atoms with van der Waals surface area (Å²) in [5.74, 6) is 0.558. The number of aromatic nitrogens is 5. The summed E-state index contributed by atoms with van der Waals surface area (Å²) in [5.41, 5.74) is 2.90. The van der Waals surface area contributed by atoms with Crippen LogP contribution in [0.4, 0.5) is 5.69 Å². The number of rotatable bonds is 4. The van der Waals surface area contributed by atoms with Crippen LogP contribution in [0, 0.1) is 0 Å². The molecule has 0 saturated carbocycles. The second-order valence-corrected chi connectivity index (χ2v) is 6.38. The fourth-order valence-electron chi connectivity index (χ4n) is 2.06. The first-order chi connectivity index (χ1) is 10.4. The number of hydrogen-bond donors (Lipinski definition) is 3. The molecule has 0 aliphatic carbocycles. The van der Waals surface area contributed by atoms with Crippen molar-refractivity contribution in [1.82, 2.24) is 25.6 Å². The second kappa shape index (κ2) is 5.23. The maximum atomic E-state index is 4.00. The van der Waals surface area contributed by atoms with Gasteiger partial charge in [0.1, 0.15) is 0 Å². The van der Waals surface area contributed by atoms with E-state index in [9.17, 15) is 0 Å². The van der Waals surface area contributed by atoms with Gasteiger partial charge in [0.2, 0.25) is 5.82 Å². The van der Waals surface area contributed by atoms with Crippen LogP contribution in [0.15, 0.2) is 46.0 Å². The van der Waals surface area contributed by atoms with Crippen LogP contribution < -0.4 is 4.72 Å². The summed E-state index contributed by atoms with van der Waals surface area (Å²) < 4.78 is 4.60. The van der Waals surface area contributed by atoms with Crippen molar-refractivity contribution in [2.24, 2.45) is 0 Å². The Kier molecular flexibility index (Phi) is 3.09. The summed E-state index contributed by atoms with van der Waals surface area (Å²) in [6.45, 7) is 0. The van der Waals surface area contributed by atoms with Crippen LogP contribution in [-0.4, -0.2) is 25.6 Å². The first kappa shape index (κ1) is 12.4. The molecule has 0 spiro atoms. The predicted octanol–water partition coefficient (Wildman–Crippen LogP) is 3.53. The Hall–Kier alpha value is -2.32. The van der Waals surface area contributed by atoms with Crippen molar-refractivity contribution in [2.45, 2.75) is 4.21 Å². The summed E-state index contributed by atoms with van der Waals surface area (Å²) in [6, 6.07) is 12.3.